The molecular formula is C19H16ClN3O3. The van der Waals surface area contributed by atoms with Crippen molar-refractivity contribution in [3.05, 3.63) is 65.4 Å². The molecule has 1 aliphatic rings. The number of carbonyl (C=O) groups is 1. The molecule has 0 fully saturated rings. The van der Waals surface area contributed by atoms with Gasteiger partial charge in [0.2, 0.25) is 0 Å². The predicted molar refractivity (Wildman–Crippen MR) is 98.6 cm³/mol. The molecule has 0 unspecified atom stereocenters. The summed E-state index contributed by atoms with van der Waals surface area (Å²) in [5.74, 6) is 0.855. The van der Waals surface area contributed by atoms with Gasteiger partial charge >= 0.3 is 0 Å². The zero-order chi connectivity index (χ0) is 17.9. The molecule has 0 spiro atoms. The second-order valence-corrected chi connectivity index (χ2v) is 6.20. The highest BCUT2D eigenvalue weighted by atomic mass is 35.5. The van der Waals surface area contributed by atoms with Gasteiger partial charge in [-0.3, -0.25) is 4.79 Å². The fraction of sp³-hybridized carbons (Fsp3) is 0.158. The largest absolute Gasteiger partial charge is 0.490 e. The molecule has 1 N–H and O–H groups in total. The number of nitrogens with zero attached hydrogens (tertiary/aromatic N) is 2. The first-order chi connectivity index (χ1) is 12.7. The summed E-state index contributed by atoms with van der Waals surface area (Å²) in [6, 6.07) is 12.9. The van der Waals surface area contributed by atoms with Crippen LogP contribution in [-0.2, 0) is 0 Å². The minimum absolute atomic E-state index is 0.302. The van der Waals surface area contributed by atoms with Gasteiger partial charge in [-0.05, 0) is 12.1 Å². The van der Waals surface area contributed by atoms with Crippen molar-refractivity contribution >= 4 is 23.2 Å². The Balaban J connectivity index is 1.55. The molecule has 0 radical (unpaired) electrons. The smallest absolute Gasteiger partial charge is 0.258 e. The van der Waals surface area contributed by atoms with E-state index in [4.69, 9.17) is 21.1 Å². The molecule has 4 rings (SSSR count). The number of aromatic nitrogens is 2. The number of halogens is 1. The summed E-state index contributed by atoms with van der Waals surface area (Å²) >= 11 is 6.28. The van der Waals surface area contributed by atoms with Gasteiger partial charge in [0.15, 0.2) is 11.5 Å². The number of amides is 1. The van der Waals surface area contributed by atoms with Gasteiger partial charge in [0.1, 0.15) is 0 Å². The first-order valence-corrected chi connectivity index (χ1v) is 8.59. The molecule has 7 heteroatoms. The van der Waals surface area contributed by atoms with E-state index in [9.17, 15) is 4.79 Å². The lowest BCUT2D eigenvalue weighted by Crippen LogP contribution is -2.11. The number of ether oxygens (including phenoxy) is 2. The molecule has 1 aliphatic heterocycles. The Morgan fingerprint density at radius 3 is 2.62 bits per heavy atom. The van der Waals surface area contributed by atoms with Crippen molar-refractivity contribution in [3.8, 4) is 17.2 Å². The number of fused-ring (bicyclic) bond motifs is 1. The van der Waals surface area contributed by atoms with Crippen LogP contribution in [0.25, 0.3) is 5.69 Å². The molecule has 0 saturated heterocycles. The number of benzene rings is 2. The number of anilines is 1. The Kier molecular flexibility index (Phi) is 4.50. The molecule has 2 heterocycles. The van der Waals surface area contributed by atoms with E-state index < -0.39 is 0 Å². The summed E-state index contributed by atoms with van der Waals surface area (Å²) in [5.41, 5.74) is 1.77. The van der Waals surface area contributed by atoms with Crippen molar-refractivity contribution in [1.29, 1.82) is 0 Å². The predicted octanol–water partition coefficient (Wildman–Crippen LogP) is 3.94. The summed E-state index contributed by atoms with van der Waals surface area (Å²) in [5, 5.41) is 7.42. The van der Waals surface area contributed by atoms with Crippen molar-refractivity contribution in [2.24, 2.45) is 0 Å². The Hall–Kier alpha value is -2.99. The Morgan fingerprint density at radius 2 is 1.85 bits per heavy atom. The number of nitrogens with one attached hydrogen (secondary N) is 1. The average Bonchev–Trinajstić information content (AvgIpc) is 3.05. The van der Waals surface area contributed by atoms with Crippen LogP contribution in [0.4, 0.5) is 5.69 Å². The lowest BCUT2D eigenvalue weighted by Gasteiger charge is -2.12. The van der Waals surface area contributed by atoms with Crippen molar-refractivity contribution in [3.63, 3.8) is 0 Å². The van der Waals surface area contributed by atoms with E-state index in [1.54, 1.807) is 23.0 Å². The molecule has 132 valence electrons. The van der Waals surface area contributed by atoms with Crippen LogP contribution in [0.15, 0.2) is 54.9 Å². The van der Waals surface area contributed by atoms with Gasteiger partial charge in [-0.2, -0.15) is 5.10 Å². The standard InChI is InChI=1S/C19H16ClN3O3/c20-15-9-17-18(26-8-4-7-25-17)10-16(15)22-19(24)13-11-21-23(12-13)14-5-2-1-3-6-14/h1-3,5-6,9-12H,4,7-8H2,(H,22,24). The number of carbonyl (C=O) groups excluding carboxylic acids is 1. The van der Waals surface area contributed by atoms with Gasteiger partial charge in [0.05, 0.1) is 41.4 Å². The SMILES string of the molecule is O=C(Nc1cc2c(cc1Cl)OCCCO2)c1cnn(-c2ccccc2)c1. The van der Waals surface area contributed by atoms with E-state index in [1.807, 2.05) is 30.3 Å². The number of hydrogen-bond donors (Lipinski definition) is 1. The van der Waals surface area contributed by atoms with Crippen LogP contribution in [0.1, 0.15) is 16.8 Å². The number of rotatable bonds is 3. The zero-order valence-electron chi connectivity index (χ0n) is 13.8. The second kappa shape index (κ2) is 7.09. The third kappa shape index (κ3) is 3.36. The van der Waals surface area contributed by atoms with E-state index in [0.717, 1.165) is 12.1 Å². The lowest BCUT2D eigenvalue weighted by molar-refractivity contribution is 0.102. The molecule has 2 aromatic carbocycles. The van der Waals surface area contributed by atoms with Crippen LogP contribution in [0.5, 0.6) is 11.5 Å². The molecule has 26 heavy (non-hydrogen) atoms. The average molecular weight is 370 g/mol. The Bertz CT molecular complexity index is 940. The van der Waals surface area contributed by atoms with E-state index in [0.29, 0.717) is 41.0 Å². The molecule has 3 aromatic rings. The Labute approximate surface area is 155 Å². The molecule has 0 saturated carbocycles. The van der Waals surface area contributed by atoms with Crippen LogP contribution in [0.2, 0.25) is 5.02 Å². The first kappa shape index (κ1) is 16.5. The van der Waals surface area contributed by atoms with E-state index in [-0.39, 0.29) is 5.91 Å². The summed E-state index contributed by atoms with van der Waals surface area (Å²) in [6.07, 6.45) is 3.98. The highest BCUT2D eigenvalue weighted by Gasteiger charge is 2.17. The fourth-order valence-corrected chi connectivity index (χ4v) is 2.84. The van der Waals surface area contributed by atoms with Gasteiger partial charge in [0.25, 0.3) is 5.91 Å². The molecule has 0 atom stereocenters. The first-order valence-electron chi connectivity index (χ1n) is 8.21. The normalized spacial score (nSPS) is 13.1. The monoisotopic (exact) mass is 369 g/mol. The minimum atomic E-state index is -0.302. The van der Waals surface area contributed by atoms with Crippen LogP contribution in [0, 0.1) is 0 Å². The third-order valence-corrected chi connectivity index (χ3v) is 4.26. The maximum atomic E-state index is 12.6. The maximum Gasteiger partial charge on any atom is 0.258 e. The zero-order valence-corrected chi connectivity index (χ0v) is 14.6. The summed E-state index contributed by atoms with van der Waals surface area (Å²) in [7, 11) is 0. The summed E-state index contributed by atoms with van der Waals surface area (Å²) < 4.78 is 12.9. The number of para-hydroxylation sites is 1. The van der Waals surface area contributed by atoms with Crippen molar-refractivity contribution in [1.82, 2.24) is 9.78 Å². The highest BCUT2D eigenvalue weighted by molar-refractivity contribution is 6.34. The maximum absolute atomic E-state index is 12.6. The molecule has 1 amide bonds. The van der Waals surface area contributed by atoms with Gasteiger partial charge in [-0.1, -0.05) is 29.8 Å². The molecule has 0 bridgehead atoms. The molecule has 1 aromatic heterocycles. The summed E-state index contributed by atoms with van der Waals surface area (Å²) in [6.45, 7) is 1.14. The van der Waals surface area contributed by atoms with E-state index in [2.05, 4.69) is 10.4 Å². The van der Waals surface area contributed by atoms with E-state index >= 15 is 0 Å². The van der Waals surface area contributed by atoms with Crippen molar-refractivity contribution < 1.29 is 14.3 Å². The lowest BCUT2D eigenvalue weighted by atomic mass is 10.2. The third-order valence-electron chi connectivity index (χ3n) is 3.95. The quantitative estimate of drug-likeness (QED) is 0.759. The molecule has 6 nitrogen and oxygen atoms in total. The van der Waals surface area contributed by atoms with Crippen LogP contribution in [-0.4, -0.2) is 28.9 Å². The van der Waals surface area contributed by atoms with Crippen LogP contribution >= 0.6 is 11.6 Å². The minimum Gasteiger partial charge on any atom is -0.490 e. The highest BCUT2D eigenvalue weighted by Crippen LogP contribution is 2.37. The Morgan fingerprint density at radius 1 is 1.12 bits per heavy atom. The van der Waals surface area contributed by atoms with Gasteiger partial charge in [-0.15, -0.1) is 0 Å². The van der Waals surface area contributed by atoms with Crippen LogP contribution < -0.4 is 14.8 Å². The van der Waals surface area contributed by atoms with Gasteiger partial charge < -0.3 is 14.8 Å². The van der Waals surface area contributed by atoms with Gasteiger partial charge in [0, 0.05) is 24.8 Å². The van der Waals surface area contributed by atoms with Gasteiger partial charge in [-0.25, -0.2) is 4.68 Å². The topological polar surface area (TPSA) is 65.4 Å². The number of hydrogen-bond acceptors (Lipinski definition) is 4. The van der Waals surface area contributed by atoms with Crippen LogP contribution in [0.3, 0.4) is 0 Å². The fourth-order valence-electron chi connectivity index (χ4n) is 2.64. The van der Waals surface area contributed by atoms with Crippen molar-refractivity contribution in [2.45, 2.75) is 6.42 Å². The summed E-state index contributed by atoms with van der Waals surface area (Å²) in [4.78, 5) is 12.6. The second-order valence-electron chi connectivity index (χ2n) is 5.79. The van der Waals surface area contributed by atoms with E-state index in [1.165, 1.54) is 6.20 Å². The molecular weight excluding hydrogens is 354 g/mol. The molecule has 0 aliphatic carbocycles. The van der Waals surface area contributed by atoms with Crippen molar-refractivity contribution in [2.75, 3.05) is 18.5 Å².